The van der Waals surface area contributed by atoms with Crippen molar-refractivity contribution < 1.29 is 9.32 Å². The largest absolute Gasteiger partial charge is 0.364 e. The van der Waals surface area contributed by atoms with Gasteiger partial charge in [0.15, 0.2) is 5.69 Å². The lowest BCUT2D eigenvalue weighted by Crippen LogP contribution is -2.23. The van der Waals surface area contributed by atoms with Crippen LogP contribution in [0, 0.1) is 13.8 Å². The zero-order valence-corrected chi connectivity index (χ0v) is 12.0. The number of rotatable bonds is 4. The van der Waals surface area contributed by atoms with Crippen LogP contribution in [0.2, 0.25) is 0 Å². The number of hydrogen-bond acceptors (Lipinski definition) is 6. The lowest BCUT2D eigenvalue weighted by atomic mass is 10.2. The van der Waals surface area contributed by atoms with Crippen LogP contribution in [0.25, 0.3) is 0 Å². The minimum atomic E-state index is -0.172. The van der Waals surface area contributed by atoms with E-state index in [1.807, 2.05) is 13.8 Å². The Hall–Kier alpha value is -2.44. The van der Waals surface area contributed by atoms with E-state index in [1.54, 1.807) is 26.2 Å². The van der Waals surface area contributed by atoms with Crippen molar-refractivity contribution >= 4 is 11.7 Å². The van der Waals surface area contributed by atoms with Gasteiger partial charge >= 0.3 is 0 Å². The van der Waals surface area contributed by atoms with Crippen molar-refractivity contribution in [2.75, 3.05) is 19.4 Å². The van der Waals surface area contributed by atoms with Gasteiger partial charge in [-0.2, -0.15) is 0 Å². The summed E-state index contributed by atoms with van der Waals surface area (Å²) < 4.78 is 5.08. The van der Waals surface area contributed by atoms with Crippen LogP contribution in [-0.4, -0.2) is 40.3 Å². The lowest BCUT2D eigenvalue weighted by molar-refractivity contribution is 0.0821. The Morgan fingerprint density at radius 2 is 2.05 bits per heavy atom. The number of aromatic nitrogens is 3. The molecule has 0 bridgehead atoms. The van der Waals surface area contributed by atoms with Gasteiger partial charge in [-0.3, -0.25) is 4.79 Å². The Morgan fingerprint density at radius 3 is 2.55 bits per heavy atom. The Morgan fingerprint density at radius 1 is 1.30 bits per heavy atom. The van der Waals surface area contributed by atoms with Crippen molar-refractivity contribution in [3.8, 4) is 0 Å². The molecule has 0 fully saturated rings. The van der Waals surface area contributed by atoms with E-state index in [0.29, 0.717) is 18.1 Å². The molecule has 0 aliphatic carbocycles. The van der Waals surface area contributed by atoms with Crippen molar-refractivity contribution in [1.29, 1.82) is 0 Å². The first-order valence-corrected chi connectivity index (χ1v) is 6.20. The first kappa shape index (κ1) is 14.0. The molecule has 20 heavy (non-hydrogen) atoms. The second-order valence-electron chi connectivity index (χ2n) is 4.66. The molecule has 106 valence electrons. The molecule has 0 saturated carbocycles. The van der Waals surface area contributed by atoms with E-state index >= 15 is 0 Å². The van der Waals surface area contributed by atoms with E-state index in [4.69, 9.17) is 4.52 Å². The number of carbonyl (C=O) groups is 1. The SMILES string of the molecule is Cc1noc(C)c1CNc1ccc(C(=O)N(C)C)nn1. The second-order valence-corrected chi connectivity index (χ2v) is 4.66. The van der Waals surface area contributed by atoms with Crippen molar-refractivity contribution in [2.24, 2.45) is 0 Å². The summed E-state index contributed by atoms with van der Waals surface area (Å²) in [5.41, 5.74) is 2.17. The summed E-state index contributed by atoms with van der Waals surface area (Å²) in [6, 6.07) is 3.37. The second kappa shape index (κ2) is 5.68. The summed E-state index contributed by atoms with van der Waals surface area (Å²) in [4.78, 5) is 13.1. The van der Waals surface area contributed by atoms with Gasteiger partial charge in [-0.1, -0.05) is 5.16 Å². The van der Waals surface area contributed by atoms with Gasteiger partial charge in [0.05, 0.1) is 5.69 Å². The molecule has 2 aromatic heterocycles. The van der Waals surface area contributed by atoms with E-state index in [1.165, 1.54) is 4.90 Å². The van der Waals surface area contributed by atoms with Gasteiger partial charge in [-0.25, -0.2) is 0 Å². The molecule has 0 aliphatic rings. The average Bonchev–Trinajstić information content (AvgIpc) is 2.75. The number of carbonyl (C=O) groups excluding carboxylic acids is 1. The molecule has 7 heteroatoms. The fraction of sp³-hybridized carbons (Fsp3) is 0.385. The zero-order chi connectivity index (χ0) is 14.7. The molecular formula is C13H17N5O2. The lowest BCUT2D eigenvalue weighted by Gasteiger charge is -2.09. The molecule has 2 heterocycles. The fourth-order valence-electron chi connectivity index (χ4n) is 1.70. The molecule has 7 nitrogen and oxygen atoms in total. The zero-order valence-electron chi connectivity index (χ0n) is 12.0. The smallest absolute Gasteiger partial charge is 0.273 e. The minimum Gasteiger partial charge on any atom is -0.364 e. The summed E-state index contributed by atoms with van der Waals surface area (Å²) in [7, 11) is 3.35. The van der Waals surface area contributed by atoms with Gasteiger partial charge in [0.2, 0.25) is 0 Å². The topological polar surface area (TPSA) is 84.2 Å². The van der Waals surface area contributed by atoms with Crippen LogP contribution in [0.5, 0.6) is 0 Å². The molecule has 0 saturated heterocycles. The number of aryl methyl sites for hydroxylation is 2. The van der Waals surface area contributed by atoms with E-state index in [9.17, 15) is 4.79 Å². The molecule has 1 amide bonds. The highest BCUT2D eigenvalue weighted by Crippen LogP contribution is 2.14. The van der Waals surface area contributed by atoms with Crippen LogP contribution in [0.1, 0.15) is 27.5 Å². The summed E-state index contributed by atoms with van der Waals surface area (Å²) in [5, 5.41) is 14.9. The number of hydrogen-bond donors (Lipinski definition) is 1. The van der Waals surface area contributed by atoms with Gasteiger partial charge in [-0.15, -0.1) is 10.2 Å². The molecule has 2 rings (SSSR count). The molecule has 0 unspecified atom stereocenters. The predicted molar refractivity (Wildman–Crippen MR) is 73.4 cm³/mol. The summed E-state index contributed by atoms with van der Waals surface area (Å²) in [6.45, 7) is 4.30. The summed E-state index contributed by atoms with van der Waals surface area (Å²) >= 11 is 0. The first-order valence-electron chi connectivity index (χ1n) is 6.20. The molecule has 2 aromatic rings. The number of nitrogens with one attached hydrogen (secondary N) is 1. The predicted octanol–water partition coefficient (Wildman–Crippen LogP) is 1.40. The highest BCUT2D eigenvalue weighted by molar-refractivity contribution is 5.91. The minimum absolute atomic E-state index is 0.172. The Kier molecular flexibility index (Phi) is 3.97. The van der Waals surface area contributed by atoms with Crippen LogP contribution in [0.3, 0.4) is 0 Å². The van der Waals surface area contributed by atoms with Gasteiger partial charge < -0.3 is 14.7 Å². The van der Waals surface area contributed by atoms with Crippen LogP contribution < -0.4 is 5.32 Å². The molecule has 1 N–H and O–H groups in total. The van der Waals surface area contributed by atoms with Crippen molar-refractivity contribution in [1.82, 2.24) is 20.3 Å². The van der Waals surface area contributed by atoms with Crippen LogP contribution in [-0.2, 0) is 6.54 Å². The third-order valence-electron chi connectivity index (χ3n) is 2.92. The third kappa shape index (κ3) is 2.93. The molecule has 0 aromatic carbocycles. The van der Waals surface area contributed by atoms with Crippen molar-refractivity contribution in [2.45, 2.75) is 20.4 Å². The Balaban J connectivity index is 2.03. The van der Waals surface area contributed by atoms with E-state index < -0.39 is 0 Å². The van der Waals surface area contributed by atoms with Crippen LogP contribution >= 0.6 is 0 Å². The summed E-state index contributed by atoms with van der Waals surface area (Å²) in [6.07, 6.45) is 0. The van der Waals surface area contributed by atoms with E-state index in [0.717, 1.165) is 17.0 Å². The van der Waals surface area contributed by atoms with Gasteiger partial charge in [-0.05, 0) is 26.0 Å². The van der Waals surface area contributed by atoms with E-state index in [-0.39, 0.29) is 5.91 Å². The maximum Gasteiger partial charge on any atom is 0.273 e. The number of anilines is 1. The normalized spacial score (nSPS) is 10.4. The maximum atomic E-state index is 11.7. The van der Waals surface area contributed by atoms with Gasteiger partial charge in [0.25, 0.3) is 5.91 Å². The van der Waals surface area contributed by atoms with Crippen LogP contribution in [0.15, 0.2) is 16.7 Å². The van der Waals surface area contributed by atoms with E-state index in [2.05, 4.69) is 20.7 Å². The average molecular weight is 275 g/mol. The highest BCUT2D eigenvalue weighted by atomic mass is 16.5. The number of nitrogens with zero attached hydrogens (tertiary/aromatic N) is 4. The molecule has 0 atom stereocenters. The Bertz CT molecular complexity index is 584. The summed E-state index contributed by atoms with van der Waals surface area (Å²) in [5.74, 6) is 1.21. The monoisotopic (exact) mass is 275 g/mol. The molecular weight excluding hydrogens is 258 g/mol. The standard InChI is InChI=1S/C13H17N5O2/c1-8-10(9(2)20-17-8)7-14-12-6-5-11(15-16-12)13(19)18(3)4/h5-6H,7H2,1-4H3,(H,14,16). The van der Waals surface area contributed by atoms with Gasteiger partial charge in [0, 0.05) is 26.2 Å². The first-order chi connectivity index (χ1) is 9.49. The molecule has 0 spiro atoms. The molecule has 0 aliphatic heterocycles. The highest BCUT2D eigenvalue weighted by Gasteiger charge is 2.11. The fourth-order valence-corrected chi connectivity index (χ4v) is 1.70. The number of amides is 1. The van der Waals surface area contributed by atoms with Crippen LogP contribution in [0.4, 0.5) is 5.82 Å². The maximum absolute atomic E-state index is 11.7. The molecule has 0 radical (unpaired) electrons. The van der Waals surface area contributed by atoms with Crippen molar-refractivity contribution in [3.63, 3.8) is 0 Å². The quantitative estimate of drug-likeness (QED) is 0.907. The third-order valence-corrected chi connectivity index (χ3v) is 2.92. The Labute approximate surface area is 117 Å². The van der Waals surface area contributed by atoms with Crippen molar-refractivity contribution in [3.05, 3.63) is 34.8 Å². The van der Waals surface area contributed by atoms with Gasteiger partial charge in [0.1, 0.15) is 11.6 Å².